The number of nitrogens with two attached hydrogens (primary N) is 1. The summed E-state index contributed by atoms with van der Waals surface area (Å²) in [5, 5.41) is 0.508. The van der Waals surface area contributed by atoms with E-state index >= 15 is 0 Å². The van der Waals surface area contributed by atoms with Gasteiger partial charge in [0, 0.05) is 4.88 Å². The molecule has 1 aromatic heterocycles. The van der Waals surface area contributed by atoms with E-state index < -0.39 is 10.0 Å². The molecule has 0 radical (unpaired) electrons. The van der Waals surface area contributed by atoms with Gasteiger partial charge < -0.3 is 5.73 Å². The molecule has 0 saturated carbocycles. The lowest BCUT2D eigenvalue weighted by Gasteiger charge is -2.06. The topological polar surface area (TPSA) is 85.1 Å². The number of hydrogen-bond acceptors (Lipinski definition) is 5. The van der Waals surface area contributed by atoms with Gasteiger partial charge in [-0.15, -0.1) is 11.3 Å². The molecule has 0 spiro atoms. The molecule has 0 fully saturated rings. The number of sulfonamides is 1. The van der Waals surface area contributed by atoms with Crippen molar-refractivity contribution in [1.82, 2.24) is 4.98 Å². The van der Waals surface area contributed by atoms with Crippen LogP contribution in [0.2, 0.25) is 0 Å². The maximum atomic E-state index is 11.7. The summed E-state index contributed by atoms with van der Waals surface area (Å²) in [6.07, 6.45) is 4.79. The van der Waals surface area contributed by atoms with E-state index in [1.54, 1.807) is 0 Å². The van der Waals surface area contributed by atoms with Crippen molar-refractivity contribution in [2.24, 2.45) is 5.73 Å². The van der Waals surface area contributed by atoms with E-state index in [-0.39, 0.29) is 5.75 Å². The average molecular weight is 275 g/mol. The Balaban J connectivity index is 2.06. The Hall–Kier alpha value is -0.660. The number of thiazole rings is 1. The molecule has 7 heteroatoms. The Morgan fingerprint density at radius 3 is 2.82 bits per heavy atom. The zero-order valence-electron chi connectivity index (χ0n) is 9.61. The highest BCUT2D eigenvalue weighted by Gasteiger charge is 2.18. The number of fused-ring (bicyclic) bond motifs is 1. The molecule has 3 N–H and O–H groups in total. The van der Waals surface area contributed by atoms with Crippen molar-refractivity contribution in [2.75, 3.05) is 17.0 Å². The van der Waals surface area contributed by atoms with Crippen LogP contribution >= 0.6 is 11.3 Å². The predicted octanol–water partition coefficient (Wildman–Crippen LogP) is 1.11. The van der Waals surface area contributed by atoms with Crippen molar-refractivity contribution < 1.29 is 8.42 Å². The number of anilines is 1. The summed E-state index contributed by atoms with van der Waals surface area (Å²) < 4.78 is 25.9. The fourth-order valence-electron chi connectivity index (χ4n) is 1.85. The van der Waals surface area contributed by atoms with Gasteiger partial charge in [-0.05, 0) is 38.6 Å². The number of aromatic nitrogens is 1. The summed E-state index contributed by atoms with van der Waals surface area (Å²) in [4.78, 5) is 5.57. The van der Waals surface area contributed by atoms with Crippen molar-refractivity contribution in [3.8, 4) is 0 Å². The first kappa shape index (κ1) is 12.8. The van der Waals surface area contributed by atoms with Crippen LogP contribution in [0.25, 0.3) is 0 Å². The number of nitrogens with one attached hydrogen (secondary N) is 1. The van der Waals surface area contributed by atoms with E-state index in [4.69, 9.17) is 5.73 Å². The number of rotatable bonds is 5. The minimum atomic E-state index is -3.28. The molecule has 0 unspecified atom stereocenters. The van der Waals surface area contributed by atoms with Gasteiger partial charge in [0.15, 0.2) is 5.13 Å². The van der Waals surface area contributed by atoms with Gasteiger partial charge >= 0.3 is 0 Å². The average Bonchev–Trinajstić information content (AvgIpc) is 2.67. The minimum absolute atomic E-state index is 0.0632. The molecule has 1 aromatic rings. The van der Waals surface area contributed by atoms with Gasteiger partial charge in [0.05, 0.1) is 11.4 Å². The summed E-state index contributed by atoms with van der Waals surface area (Å²) in [7, 11) is -3.28. The molecule has 96 valence electrons. The third kappa shape index (κ3) is 3.40. The summed E-state index contributed by atoms with van der Waals surface area (Å²) in [5.41, 5.74) is 6.37. The van der Waals surface area contributed by atoms with E-state index in [1.807, 2.05) is 0 Å². The van der Waals surface area contributed by atoms with Crippen molar-refractivity contribution in [1.29, 1.82) is 0 Å². The van der Waals surface area contributed by atoms with E-state index in [0.717, 1.165) is 25.0 Å². The van der Waals surface area contributed by atoms with E-state index in [2.05, 4.69) is 9.71 Å². The zero-order chi connectivity index (χ0) is 12.3. The van der Waals surface area contributed by atoms with Crippen LogP contribution in [0.1, 0.15) is 29.8 Å². The molecule has 0 aromatic carbocycles. The normalized spacial score (nSPS) is 15.6. The SMILES string of the molecule is NCCCS(=O)(=O)Nc1nc2c(s1)CCCC2. The van der Waals surface area contributed by atoms with Gasteiger partial charge in [0.2, 0.25) is 10.0 Å². The predicted molar refractivity (Wildman–Crippen MR) is 69.8 cm³/mol. The highest BCUT2D eigenvalue weighted by molar-refractivity contribution is 7.92. The van der Waals surface area contributed by atoms with Crippen LogP contribution in [0, 0.1) is 0 Å². The van der Waals surface area contributed by atoms with Crippen molar-refractivity contribution in [3.05, 3.63) is 10.6 Å². The standard InChI is InChI=1S/C10H17N3O2S2/c11-6-3-7-17(14,15)13-10-12-8-4-1-2-5-9(8)16-10/h1-7,11H2,(H,12,13). The van der Waals surface area contributed by atoms with E-state index in [9.17, 15) is 8.42 Å². The van der Waals surface area contributed by atoms with Gasteiger partial charge in [-0.3, -0.25) is 4.72 Å². The maximum absolute atomic E-state index is 11.7. The first-order chi connectivity index (χ1) is 8.11. The van der Waals surface area contributed by atoms with Crippen molar-refractivity contribution in [3.63, 3.8) is 0 Å². The fraction of sp³-hybridized carbons (Fsp3) is 0.700. The van der Waals surface area contributed by atoms with Crippen LogP contribution in [-0.4, -0.2) is 25.7 Å². The third-order valence-corrected chi connectivity index (χ3v) is 5.24. The molecule has 17 heavy (non-hydrogen) atoms. The van der Waals surface area contributed by atoms with E-state index in [1.165, 1.54) is 22.6 Å². The van der Waals surface area contributed by atoms with Crippen molar-refractivity contribution in [2.45, 2.75) is 32.1 Å². The third-order valence-electron chi connectivity index (χ3n) is 2.71. The fourth-order valence-corrected chi connectivity index (χ4v) is 4.26. The highest BCUT2D eigenvalue weighted by atomic mass is 32.2. The molecular formula is C10H17N3O2S2. The van der Waals surface area contributed by atoms with Crippen LogP contribution in [0.3, 0.4) is 0 Å². The second kappa shape index (κ2) is 5.32. The lowest BCUT2D eigenvalue weighted by atomic mass is 10.0. The summed E-state index contributed by atoms with van der Waals surface area (Å²) in [5.74, 6) is 0.0632. The van der Waals surface area contributed by atoms with Gasteiger partial charge in [0.1, 0.15) is 0 Å². The molecular weight excluding hydrogens is 258 g/mol. The maximum Gasteiger partial charge on any atom is 0.234 e. The first-order valence-electron chi connectivity index (χ1n) is 5.80. The largest absolute Gasteiger partial charge is 0.330 e. The smallest absolute Gasteiger partial charge is 0.234 e. The zero-order valence-corrected chi connectivity index (χ0v) is 11.2. The van der Waals surface area contributed by atoms with Crippen LogP contribution in [0.5, 0.6) is 0 Å². The Morgan fingerprint density at radius 1 is 1.35 bits per heavy atom. The van der Waals surface area contributed by atoms with Crippen LogP contribution < -0.4 is 10.5 Å². The highest BCUT2D eigenvalue weighted by Crippen LogP contribution is 2.29. The van der Waals surface area contributed by atoms with Gasteiger partial charge in [-0.1, -0.05) is 0 Å². The molecule has 0 saturated heterocycles. The number of hydrogen-bond donors (Lipinski definition) is 2. The Bertz CT molecular complexity index is 458. The van der Waals surface area contributed by atoms with Crippen LogP contribution in [-0.2, 0) is 22.9 Å². The monoisotopic (exact) mass is 275 g/mol. The number of nitrogens with zero attached hydrogens (tertiary/aromatic N) is 1. The summed E-state index contributed by atoms with van der Waals surface area (Å²) in [6, 6.07) is 0. The molecule has 1 heterocycles. The van der Waals surface area contributed by atoms with E-state index in [0.29, 0.717) is 18.1 Å². The van der Waals surface area contributed by atoms with Crippen LogP contribution in [0.15, 0.2) is 0 Å². The summed E-state index contributed by atoms with van der Waals surface area (Å²) in [6.45, 7) is 0.384. The second-order valence-electron chi connectivity index (χ2n) is 4.16. The lowest BCUT2D eigenvalue weighted by molar-refractivity contribution is 0.598. The Morgan fingerprint density at radius 2 is 2.12 bits per heavy atom. The molecule has 0 bridgehead atoms. The lowest BCUT2D eigenvalue weighted by Crippen LogP contribution is -2.18. The molecule has 5 nitrogen and oxygen atoms in total. The van der Waals surface area contributed by atoms with Crippen LogP contribution in [0.4, 0.5) is 5.13 Å². The molecule has 0 amide bonds. The van der Waals surface area contributed by atoms with Crippen molar-refractivity contribution >= 4 is 26.5 Å². The van der Waals surface area contributed by atoms with Gasteiger partial charge in [-0.2, -0.15) is 0 Å². The number of aryl methyl sites for hydroxylation is 2. The van der Waals surface area contributed by atoms with Gasteiger partial charge in [0.25, 0.3) is 0 Å². The Labute approximate surface area is 105 Å². The molecule has 0 aliphatic heterocycles. The quantitative estimate of drug-likeness (QED) is 0.843. The summed E-state index contributed by atoms with van der Waals surface area (Å²) >= 11 is 1.46. The second-order valence-corrected chi connectivity index (χ2v) is 7.08. The minimum Gasteiger partial charge on any atom is -0.330 e. The Kier molecular flexibility index (Phi) is 4.01. The molecule has 1 aliphatic rings. The molecule has 1 aliphatic carbocycles. The molecule has 0 atom stereocenters. The molecule has 2 rings (SSSR count). The first-order valence-corrected chi connectivity index (χ1v) is 8.27. The van der Waals surface area contributed by atoms with Gasteiger partial charge in [-0.25, -0.2) is 13.4 Å².